The average molecular weight is 232 g/mol. The Hall–Kier alpha value is -1.16. The molecule has 1 aromatic rings. The van der Waals surface area contributed by atoms with E-state index < -0.39 is 0 Å². The molecular formula is C13H20N4. The highest BCUT2D eigenvalue weighted by molar-refractivity contribution is 5.33. The molecule has 0 spiro atoms. The van der Waals surface area contributed by atoms with E-state index in [-0.39, 0.29) is 0 Å². The van der Waals surface area contributed by atoms with Gasteiger partial charge in [-0.3, -0.25) is 0 Å². The van der Waals surface area contributed by atoms with Gasteiger partial charge in [-0.1, -0.05) is 0 Å². The number of nitrogens with one attached hydrogen (secondary N) is 1. The summed E-state index contributed by atoms with van der Waals surface area (Å²) in [6.45, 7) is 4.21. The normalized spacial score (nSPS) is 24.3. The second kappa shape index (κ2) is 4.61. The van der Waals surface area contributed by atoms with E-state index in [1.807, 2.05) is 19.2 Å². The fraction of sp³-hybridized carbons (Fsp3) is 0.692. The van der Waals surface area contributed by atoms with Gasteiger partial charge < -0.3 is 10.2 Å². The monoisotopic (exact) mass is 232 g/mol. The maximum absolute atomic E-state index is 4.54. The van der Waals surface area contributed by atoms with Crippen LogP contribution >= 0.6 is 0 Å². The molecule has 0 aromatic carbocycles. The predicted molar refractivity (Wildman–Crippen MR) is 68.2 cm³/mol. The molecule has 0 radical (unpaired) electrons. The van der Waals surface area contributed by atoms with Crippen molar-refractivity contribution >= 4 is 5.95 Å². The molecular weight excluding hydrogens is 212 g/mol. The molecule has 4 nitrogen and oxygen atoms in total. The van der Waals surface area contributed by atoms with Gasteiger partial charge in [-0.25, -0.2) is 9.97 Å². The Morgan fingerprint density at radius 1 is 1.41 bits per heavy atom. The molecule has 2 aliphatic rings. The summed E-state index contributed by atoms with van der Waals surface area (Å²) in [5, 5.41) is 3.62. The molecule has 2 fully saturated rings. The quantitative estimate of drug-likeness (QED) is 0.854. The van der Waals surface area contributed by atoms with Crippen LogP contribution in [0.5, 0.6) is 0 Å². The van der Waals surface area contributed by atoms with Crippen molar-refractivity contribution in [3.63, 3.8) is 0 Å². The van der Waals surface area contributed by atoms with Crippen LogP contribution in [0.3, 0.4) is 0 Å². The van der Waals surface area contributed by atoms with Gasteiger partial charge in [0.2, 0.25) is 5.95 Å². The van der Waals surface area contributed by atoms with Crippen LogP contribution in [0.15, 0.2) is 12.3 Å². The number of rotatable bonds is 4. The minimum Gasteiger partial charge on any atom is -0.337 e. The van der Waals surface area contributed by atoms with Crippen LogP contribution in [0.25, 0.3) is 0 Å². The summed E-state index contributed by atoms with van der Waals surface area (Å²) >= 11 is 0. The molecule has 3 rings (SSSR count). The standard InChI is InChI=1S/C13H20N4/c1-10-6-7-14-13(16-10)17-8-2-3-12(17)9-15-11-4-5-11/h6-7,11-12,15H,2-5,8-9H2,1H3. The van der Waals surface area contributed by atoms with Crippen molar-refractivity contribution in [2.45, 2.75) is 44.7 Å². The zero-order valence-electron chi connectivity index (χ0n) is 10.4. The van der Waals surface area contributed by atoms with Crippen molar-refractivity contribution in [3.05, 3.63) is 18.0 Å². The second-order valence-corrected chi connectivity index (χ2v) is 5.17. The van der Waals surface area contributed by atoms with E-state index in [1.165, 1.54) is 25.7 Å². The minimum absolute atomic E-state index is 0.581. The first-order valence-corrected chi connectivity index (χ1v) is 6.62. The fourth-order valence-corrected chi connectivity index (χ4v) is 2.48. The Balaban J connectivity index is 1.67. The van der Waals surface area contributed by atoms with Crippen LogP contribution in [0.2, 0.25) is 0 Å². The minimum atomic E-state index is 0.581. The van der Waals surface area contributed by atoms with Gasteiger partial charge in [0.05, 0.1) is 0 Å². The molecule has 2 heterocycles. The Kier molecular flexibility index (Phi) is 2.97. The van der Waals surface area contributed by atoms with Gasteiger partial charge in [0.1, 0.15) is 0 Å². The highest BCUT2D eigenvalue weighted by Crippen LogP contribution is 2.24. The molecule has 1 saturated heterocycles. The summed E-state index contributed by atoms with van der Waals surface area (Å²) in [5.74, 6) is 0.907. The van der Waals surface area contributed by atoms with E-state index in [1.54, 1.807) is 0 Å². The van der Waals surface area contributed by atoms with Crippen LogP contribution in [0.1, 0.15) is 31.4 Å². The van der Waals surface area contributed by atoms with Crippen molar-refractivity contribution in [2.75, 3.05) is 18.0 Å². The van der Waals surface area contributed by atoms with Crippen molar-refractivity contribution in [3.8, 4) is 0 Å². The zero-order chi connectivity index (χ0) is 11.7. The topological polar surface area (TPSA) is 41.1 Å². The number of nitrogens with zero attached hydrogens (tertiary/aromatic N) is 3. The molecule has 1 unspecified atom stereocenters. The van der Waals surface area contributed by atoms with Gasteiger partial charge in [0.25, 0.3) is 0 Å². The van der Waals surface area contributed by atoms with E-state index in [9.17, 15) is 0 Å². The first kappa shape index (κ1) is 11.0. The average Bonchev–Trinajstić information content (AvgIpc) is 3.04. The van der Waals surface area contributed by atoms with Crippen LogP contribution in [0, 0.1) is 6.92 Å². The maximum atomic E-state index is 4.54. The molecule has 1 atom stereocenters. The third kappa shape index (κ3) is 2.57. The SMILES string of the molecule is Cc1ccnc(N2CCCC2CNC2CC2)n1. The largest absolute Gasteiger partial charge is 0.337 e. The van der Waals surface area contributed by atoms with Gasteiger partial charge in [-0.2, -0.15) is 0 Å². The molecule has 1 saturated carbocycles. The summed E-state index contributed by atoms with van der Waals surface area (Å²) in [5.41, 5.74) is 1.05. The summed E-state index contributed by atoms with van der Waals surface area (Å²) < 4.78 is 0. The van der Waals surface area contributed by atoms with E-state index >= 15 is 0 Å². The molecule has 0 amide bonds. The molecule has 17 heavy (non-hydrogen) atoms. The highest BCUT2D eigenvalue weighted by Gasteiger charge is 2.29. The van der Waals surface area contributed by atoms with Crippen molar-refractivity contribution < 1.29 is 0 Å². The third-order valence-electron chi connectivity index (χ3n) is 3.64. The first-order chi connectivity index (χ1) is 8.33. The molecule has 4 heteroatoms. The Morgan fingerprint density at radius 3 is 3.06 bits per heavy atom. The lowest BCUT2D eigenvalue weighted by atomic mass is 10.2. The lowest BCUT2D eigenvalue weighted by molar-refractivity contribution is 0.565. The smallest absolute Gasteiger partial charge is 0.225 e. The van der Waals surface area contributed by atoms with Gasteiger partial charge >= 0.3 is 0 Å². The lowest BCUT2D eigenvalue weighted by Crippen LogP contribution is -2.39. The number of anilines is 1. The van der Waals surface area contributed by atoms with Crippen LogP contribution < -0.4 is 10.2 Å². The van der Waals surface area contributed by atoms with Crippen LogP contribution in [-0.4, -0.2) is 35.1 Å². The molecule has 1 N–H and O–H groups in total. The summed E-state index contributed by atoms with van der Waals surface area (Å²) in [6.07, 6.45) is 7.09. The predicted octanol–water partition coefficient (Wildman–Crippen LogP) is 1.51. The summed E-state index contributed by atoms with van der Waals surface area (Å²) in [7, 11) is 0. The molecule has 1 aliphatic carbocycles. The van der Waals surface area contributed by atoms with Crippen LogP contribution in [-0.2, 0) is 0 Å². The number of aryl methyl sites for hydroxylation is 1. The summed E-state index contributed by atoms with van der Waals surface area (Å²) in [6, 6.07) is 3.32. The Labute approximate surface area is 102 Å². The van der Waals surface area contributed by atoms with Crippen LogP contribution in [0.4, 0.5) is 5.95 Å². The maximum Gasteiger partial charge on any atom is 0.225 e. The third-order valence-corrected chi connectivity index (χ3v) is 3.64. The molecule has 1 aromatic heterocycles. The molecule has 92 valence electrons. The lowest BCUT2D eigenvalue weighted by Gasteiger charge is -2.25. The fourth-order valence-electron chi connectivity index (χ4n) is 2.48. The highest BCUT2D eigenvalue weighted by atomic mass is 15.3. The second-order valence-electron chi connectivity index (χ2n) is 5.17. The van der Waals surface area contributed by atoms with Crippen molar-refractivity contribution in [2.24, 2.45) is 0 Å². The molecule has 0 bridgehead atoms. The Morgan fingerprint density at radius 2 is 2.29 bits per heavy atom. The zero-order valence-corrected chi connectivity index (χ0v) is 10.4. The van der Waals surface area contributed by atoms with Crippen molar-refractivity contribution in [1.82, 2.24) is 15.3 Å². The van der Waals surface area contributed by atoms with E-state index in [2.05, 4.69) is 20.2 Å². The number of hydrogen-bond acceptors (Lipinski definition) is 4. The van der Waals surface area contributed by atoms with Gasteiger partial charge in [-0.15, -0.1) is 0 Å². The summed E-state index contributed by atoms with van der Waals surface area (Å²) in [4.78, 5) is 11.3. The van der Waals surface area contributed by atoms with E-state index in [0.29, 0.717) is 6.04 Å². The first-order valence-electron chi connectivity index (χ1n) is 6.62. The van der Waals surface area contributed by atoms with Crippen molar-refractivity contribution in [1.29, 1.82) is 0 Å². The Bertz CT molecular complexity index is 389. The number of hydrogen-bond donors (Lipinski definition) is 1. The molecule has 1 aliphatic heterocycles. The van der Waals surface area contributed by atoms with Gasteiger partial charge in [-0.05, 0) is 38.7 Å². The van der Waals surface area contributed by atoms with E-state index in [4.69, 9.17) is 0 Å². The van der Waals surface area contributed by atoms with E-state index in [0.717, 1.165) is 30.8 Å². The van der Waals surface area contributed by atoms with Gasteiger partial charge in [0, 0.05) is 37.1 Å². The van der Waals surface area contributed by atoms with Gasteiger partial charge in [0.15, 0.2) is 0 Å². The number of aromatic nitrogens is 2.